The molecule has 154 valence electrons. The molecule has 14 nitrogen and oxygen atoms in total. The van der Waals surface area contributed by atoms with E-state index in [1.165, 1.54) is 39.5 Å². The Morgan fingerprint density at radius 2 is 1.28 bits per heavy atom. The molecule has 0 radical (unpaired) electrons. The molecule has 2 aromatic rings. The van der Waals surface area contributed by atoms with Gasteiger partial charge in [0.05, 0.1) is 21.3 Å². The highest BCUT2D eigenvalue weighted by atomic mass is 16.6. The Morgan fingerprint density at radius 3 is 1.62 bits per heavy atom. The zero-order valence-corrected chi connectivity index (χ0v) is 15.2. The quantitative estimate of drug-likeness (QED) is 0.410. The number of carboxylic acids is 1. The van der Waals surface area contributed by atoms with Gasteiger partial charge in [-0.15, -0.1) is 0 Å². The molecule has 0 spiro atoms. The van der Waals surface area contributed by atoms with Crippen molar-refractivity contribution in [2.75, 3.05) is 21.3 Å². The fourth-order valence-corrected chi connectivity index (χ4v) is 1.79. The van der Waals surface area contributed by atoms with E-state index in [1.54, 1.807) is 0 Å². The highest BCUT2D eigenvalue weighted by Crippen LogP contribution is 2.24. The number of carboxylic acid groups (broad SMARTS) is 1. The van der Waals surface area contributed by atoms with Crippen molar-refractivity contribution in [2.45, 2.75) is 0 Å². The van der Waals surface area contributed by atoms with Crippen LogP contribution in [0.15, 0.2) is 24.3 Å². The van der Waals surface area contributed by atoms with Gasteiger partial charge in [0.1, 0.15) is 0 Å². The zero-order chi connectivity index (χ0) is 22.1. The summed E-state index contributed by atoms with van der Waals surface area (Å²) in [5.74, 6) is -3.25. The number of rotatable bonds is 6. The lowest BCUT2D eigenvalue weighted by molar-refractivity contribution is -0.390. The minimum atomic E-state index is -1.32. The maximum absolute atomic E-state index is 11.0. The van der Waals surface area contributed by atoms with Crippen LogP contribution < -0.4 is 9.47 Å². The summed E-state index contributed by atoms with van der Waals surface area (Å²) in [6.07, 6.45) is 0. The van der Waals surface area contributed by atoms with Gasteiger partial charge in [-0.3, -0.25) is 0 Å². The summed E-state index contributed by atoms with van der Waals surface area (Å²) in [5, 5.41) is 29.5. The molecule has 0 aliphatic rings. The second kappa shape index (κ2) is 10.1. The van der Waals surface area contributed by atoms with E-state index in [1.807, 2.05) is 0 Å². The minimum absolute atomic E-state index is 0.00680. The normalized spacial score (nSPS) is 9.48. The van der Waals surface area contributed by atoms with Crippen LogP contribution in [0, 0.1) is 20.2 Å². The Hall–Kier alpha value is -4.36. The Morgan fingerprint density at radius 1 is 0.862 bits per heavy atom. The van der Waals surface area contributed by atoms with Gasteiger partial charge in [0, 0.05) is 12.1 Å². The Kier molecular flexibility index (Phi) is 7.90. The molecule has 2 rings (SSSR count). The van der Waals surface area contributed by atoms with Crippen molar-refractivity contribution in [3.8, 4) is 11.5 Å². The molecule has 1 N–H and O–H groups in total. The van der Waals surface area contributed by atoms with E-state index < -0.39 is 39.1 Å². The number of methoxy groups -OCH3 is 3. The van der Waals surface area contributed by atoms with Gasteiger partial charge in [0.15, 0.2) is 0 Å². The third-order valence-electron chi connectivity index (χ3n) is 3.08. The van der Waals surface area contributed by atoms with Crippen LogP contribution in [0.25, 0.3) is 0 Å². The number of aromatic nitrogens is 2. The first kappa shape index (κ1) is 22.7. The molecule has 2 heterocycles. The molecule has 0 saturated carbocycles. The lowest BCUT2D eigenvalue weighted by Crippen LogP contribution is -2.06. The summed E-state index contributed by atoms with van der Waals surface area (Å²) in [6, 6.07) is 4.90. The van der Waals surface area contributed by atoms with Crippen LogP contribution in [0.5, 0.6) is 11.5 Å². The molecule has 29 heavy (non-hydrogen) atoms. The van der Waals surface area contributed by atoms with Gasteiger partial charge in [-0.2, -0.15) is 0 Å². The van der Waals surface area contributed by atoms with Crippen LogP contribution in [0.2, 0.25) is 0 Å². The van der Waals surface area contributed by atoms with E-state index >= 15 is 0 Å². The second-order valence-electron chi connectivity index (χ2n) is 4.76. The van der Waals surface area contributed by atoms with Gasteiger partial charge < -0.3 is 39.5 Å². The highest BCUT2D eigenvalue weighted by Gasteiger charge is 2.23. The van der Waals surface area contributed by atoms with E-state index in [0.717, 1.165) is 6.07 Å². The van der Waals surface area contributed by atoms with Crippen LogP contribution >= 0.6 is 0 Å². The molecule has 0 atom stereocenters. The number of pyridine rings is 2. The largest absolute Gasteiger partial charge is 0.489 e. The fraction of sp³-hybridized carbons (Fsp3) is 0.200. The topological polar surface area (TPSA) is 194 Å². The van der Waals surface area contributed by atoms with Gasteiger partial charge in [0.2, 0.25) is 11.5 Å². The van der Waals surface area contributed by atoms with Gasteiger partial charge in [-0.1, -0.05) is 0 Å². The van der Waals surface area contributed by atoms with Crippen LogP contribution in [0.1, 0.15) is 21.0 Å². The van der Waals surface area contributed by atoms with Gasteiger partial charge >= 0.3 is 23.6 Å². The van der Waals surface area contributed by atoms with E-state index in [-0.39, 0.29) is 17.2 Å². The first-order valence-corrected chi connectivity index (χ1v) is 7.36. The third kappa shape index (κ3) is 5.81. The lowest BCUT2D eigenvalue weighted by atomic mass is 10.3. The van der Waals surface area contributed by atoms with Crippen LogP contribution in [-0.2, 0) is 4.74 Å². The average molecular weight is 410 g/mol. The van der Waals surface area contributed by atoms with Gasteiger partial charge in [0.25, 0.3) is 11.4 Å². The summed E-state index contributed by atoms with van der Waals surface area (Å²) in [7, 11) is 3.69. The molecule has 0 unspecified atom stereocenters. The molecule has 0 amide bonds. The molecule has 0 bridgehead atoms. The summed E-state index contributed by atoms with van der Waals surface area (Å²) >= 11 is 0. The van der Waals surface area contributed by atoms with Gasteiger partial charge in [-0.25, -0.2) is 9.59 Å². The second-order valence-corrected chi connectivity index (χ2v) is 4.76. The van der Waals surface area contributed by atoms with Crippen molar-refractivity contribution in [3.05, 3.63) is 55.9 Å². The molecular weight excluding hydrogens is 396 g/mol. The molecule has 0 aliphatic heterocycles. The first-order chi connectivity index (χ1) is 13.7. The first-order valence-electron chi connectivity index (χ1n) is 7.36. The number of ether oxygens (including phenoxy) is 3. The van der Waals surface area contributed by atoms with Crippen molar-refractivity contribution < 1.29 is 38.8 Å². The number of aromatic carboxylic acids is 1. The van der Waals surface area contributed by atoms with Crippen LogP contribution in [-0.4, -0.2) is 58.2 Å². The molecule has 14 heteroatoms. The van der Waals surface area contributed by atoms with Crippen LogP contribution in [0.4, 0.5) is 11.6 Å². The fourth-order valence-electron chi connectivity index (χ4n) is 1.79. The monoisotopic (exact) mass is 410 g/mol. The number of hydrogen-bond acceptors (Lipinski definition) is 11. The Bertz CT molecular complexity index is 947. The predicted molar refractivity (Wildman–Crippen MR) is 93.2 cm³/mol. The molecule has 2 aromatic heterocycles. The predicted octanol–water partition coefficient (Wildman–Crippen LogP) is 1.48. The lowest BCUT2D eigenvalue weighted by Gasteiger charge is -2.01. The maximum atomic E-state index is 11.0. The number of nitrogens with zero attached hydrogens (tertiary/aromatic N) is 4. The molecule has 0 aromatic carbocycles. The van der Waals surface area contributed by atoms with Crippen molar-refractivity contribution in [3.63, 3.8) is 0 Å². The summed E-state index contributed by atoms with van der Waals surface area (Å²) in [4.78, 5) is 47.8. The summed E-state index contributed by atoms with van der Waals surface area (Å²) < 4.78 is 13.7. The zero-order valence-electron chi connectivity index (χ0n) is 15.2. The smallest absolute Gasteiger partial charge is 0.407 e. The highest BCUT2D eigenvalue weighted by molar-refractivity contribution is 5.87. The SMILES string of the molecule is COC(=O)c1ccc(OC)c([N+](=O)[O-])n1.COc1ccc(C(=O)O)nc1[N+](=O)[O-]. The van der Waals surface area contributed by atoms with Gasteiger partial charge in [-0.05, 0) is 31.9 Å². The van der Waals surface area contributed by atoms with E-state index in [2.05, 4.69) is 19.4 Å². The Labute approximate surface area is 162 Å². The van der Waals surface area contributed by atoms with E-state index in [9.17, 15) is 29.8 Å². The molecular formula is C15H14N4O10. The van der Waals surface area contributed by atoms with Crippen molar-refractivity contribution in [2.24, 2.45) is 0 Å². The van der Waals surface area contributed by atoms with Crippen molar-refractivity contribution in [1.29, 1.82) is 0 Å². The summed E-state index contributed by atoms with van der Waals surface area (Å²) in [5.41, 5.74) is -0.525. The molecule has 0 aliphatic carbocycles. The number of carbonyl (C=O) groups is 2. The van der Waals surface area contributed by atoms with Crippen LogP contribution in [0.3, 0.4) is 0 Å². The minimum Gasteiger partial charge on any atom is -0.489 e. The van der Waals surface area contributed by atoms with Crippen molar-refractivity contribution in [1.82, 2.24) is 9.97 Å². The van der Waals surface area contributed by atoms with E-state index in [4.69, 9.17) is 9.84 Å². The van der Waals surface area contributed by atoms with Crippen molar-refractivity contribution >= 4 is 23.6 Å². The number of hydrogen-bond donors (Lipinski definition) is 1. The van der Waals surface area contributed by atoms with E-state index in [0.29, 0.717) is 0 Å². The maximum Gasteiger partial charge on any atom is 0.407 e. The number of esters is 1. The molecule has 0 saturated heterocycles. The standard InChI is InChI=1S/C8H8N2O5.C7H6N2O5/c1-14-6-4-3-5(8(11)15-2)9-7(6)10(12)13;1-14-5-3-2-4(7(10)11)8-6(5)9(12)13/h3-4H,1-2H3;2-3H,1H3,(H,10,11). The number of nitro groups is 2. The molecule has 0 fully saturated rings. The summed E-state index contributed by atoms with van der Waals surface area (Å²) in [6.45, 7) is 0. The Balaban J connectivity index is 0.000000291. The number of carbonyl (C=O) groups excluding carboxylic acids is 1. The average Bonchev–Trinajstić information content (AvgIpc) is 2.72. The third-order valence-corrected chi connectivity index (χ3v) is 3.08.